The van der Waals surface area contributed by atoms with Crippen LogP contribution in [0.2, 0.25) is 0 Å². The number of piperidine rings is 1. The molecule has 2 fully saturated rings. The van der Waals surface area contributed by atoms with Crippen molar-refractivity contribution >= 4 is 5.91 Å². The number of likely N-dealkylation sites (tertiary alicyclic amines) is 1. The highest BCUT2D eigenvalue weighted by Gasteiger charge is 2.38. The van der Waals surface area contributed by atoms with E-state index in [0.717, 1.165) is 19.0 Å². The third-order valence-corrected chi connectivity index (χ3v) is 3.71. The Morgan fingerprint density at radius 1 is 1.40 bits per heavy atom. The van der Waals surface area contributed by atoms with Crippen LogP contribution < -0.4 is 5.73 Å². The first kappa shape index (κ1) is 10.9. The zero-order valence-electron chi connectivity index (χ0n) is 9.48. The molecule has 0 bridgehead atoms. The molecule has 0 aromatic rings. The monoisotopic (exact) mass is 211 g/mol. The molecule has 2 N–H and O–H groups in total. The molecular formula is C11H21N3O. The Hall–Kier alpha value is -0.610. The zero-order chi connectivity index (χ0) is 10.8. The quantitative estimate of drug-likeness (QED) is 0.660. The number of nitrogens with zero attached hydrogens (tertiary/aromatic N) is 2. The maximum atomic E-state index is 10.8. The highest BCUT2D eigenvalue weighted by Crippen LogP contribution is 2.23. The molecule has 0 aromatic heterocycles. The van der Waals surface area contributed by atoms with Crippen molar-refractivity contribution in [2.45, 2.75) is 25.3 Å². The van der Waals surface area contributed by atoms with Crippen molar-refractivity contribution in [3.05, 3.63) is 0 Å². The summed E-state index contributed by atoms with van der Waals surface area (Å²) in [6.45, 7) is 4.40. The second-order valence-electron chi connectivity index (χ2n) is 4.95. The first-order valence-corrected chi connectivity index (χ1v) is 5.88. The molecule has 0 aromatic carbocycles. The SMILES string of the molecule is CN1CCC(CCN2CC2C(N)=O)CC1. The van der Waals surface area contributed by atoms with Crippen LogP contribution >= 0.6 is 0 Å². The topological polar surface area (TPSA) is 49.3 Å². The molecule has 0 spiro atoms. The van der Waals surface area contributed by atoms with Crippen LogP contribution in [0.3, 0.4) is 0 Å². The highest BCUT2D eigenvalue weighted by atomic mass is 16.1. The van der Waals surface area contributed by atoms with E-state index in [0.29, 0.717) is 0 Å². The van der Waals surface area contributed by atoms with Crippen LogP contribution in [0.1, 0.15) is 19.3 Å². The van der Waals surface area contributed by atoms with Gasteiger partial charge in [0, 0.05) is 6.54 Å². The molecule has 0 aliphatic carbocycles. The molecule has 2 saturated heterocycles. The summed E-state index contributed by atoms with van der Waals surface area (Å²) < 4.78 is 0. The van der Waals surface area contributed by atoms with Crippen molar-refractivity contribution in [3.63, 3.8) is 0 Å². The minimum Gasteiger partial charge on any atom is -0.368 e. The normalized spacial score (nSPS) is 32.9. The van der Waals surface area contributed by atoms with Gasteiger partial charge in [0.2, 0.25) is 5.91 Å². The van der Waals surface area contributed by atoms with Crippen molar-refractivity contribution < 1.29 is 4.79 Å². The van der Waals surface area contributed by atoms with Gasteiger partial charge in [-0.2, -0.15) is 0 Å². The molecular weight excluding hydrogens is 190 g/mol. The molecule has 86 valence electrons. The van der Waals surface area contributed by atoms with Gasteiger partial charge in [-0.3, -0.25) is 9.69 Å². The molecule has 0 radical (unpaired) electrons. The summed E-state index contributed by atoms with van der Waals surface area (Å²) in [5, 5.41) is 0. The van der Waals surface area contributed by atoms with Crippen LogP contribution in [0.4, 0.5) is 0 Å². The Kier molecular flexibility index (Phi) is 3.26. The maximum Gasteiger partial charge on any atom is 0.236 e. The second kappa shape index (κ2) is 4.49. The Balaban J connectivity index is 1.61. The van der Waals surface area contributed by atoms with E-state index in [1.165, 1.54) is 32.4 Å². The fourth-order valence-corrected chi connectivity index (χ4v) is 2.39. The minimum absolute atomic E-state index is 0.0521. The predicted molar refractivity (Wildman–Crippen MR) is 59.4 cm³/mol. The Labute approximate surface area is 91.4 Å². The van der Waals surface area contributed by atoms with E-state index in [2.05, 4.69) is 16.8 Å². The summed E-state index contributed by atoms with van der Waals surface area (Å²) in [5.74, 6) is 0.703. The molecule has 2 aliphatic heterocycles. The van der Waals surface area contributed by atoms with E-state index < -0.39 is 0 Å². The summed E-state index contributed by atoms with van der Waals surface area (Å²) in [4.78, 5) is 15.4. The van der Waals surface area contributed by atoms with E-state index in [1.54, 1.807) is 0 Å². The molecule has 2 rings (SSSR count). The number of carbonyl (C=O) groups excluding carboxylic acids is 1. The van der Waals surface area contributed by atoms with Crippen LogP contribution in [0, 0.1) is 5.92 Å². The van der Waals surface area contributed by atoms with Crippen LogP contribution in [0.25, 0.3) is 0 Å². The summed E-state index contributed by atoms with van der Waals surface area (Å²) >= 11 is 0. The lowest BCUT2D eigenvalue weighted by Crippen LogP contribution is -2.31. The lowest BCUT2D eigenvalue weighted by Gasteiger charge is -2.28. The van der Waals surface area contributed by atoms with Crippen molar-refractivity contribution in [2.24, 2.45) is 11.7 Å². The van der Waals surface area contributed by atoms with Crippen LogP contribution in [-0.2, 0) is 4.79 Å². The molecule has 2 heterocycles. The number of hydrogen-bond acceptors (Lipinski definition) is 3. The number of nitrogens with two attached hydrogens (primary N) is 1. The smallest absolute Gasteiger partial charge is 0.236 e. The van der Waals surface area contributed by atoms with Crippen molar-refractivity contribution in [1.29, 1.82) is 0 Å². The number of amides is 1. The minimum atomic E-state index is -0.154. The lowest BCUT2D eigenvalue weighted by atomic mass is 9.94. The first-order chi connectivity index (χ1) is 7.16. The van der Waals surface area contributed by atoms with Crippen molar-refractivity contribution in [1.82, 2.24) is 9.80 Å². The van der Waals surface area contributed by atoms with Crippen molar-refractivity contribution in [3.8, 4) is 0 Å². The molecule has 2 aliphatic rings. The average Bonchev–Trinajstić information content (AvgIpc) is 2.96. The maximum absolute atomic E-state index is 10.8. The average molecular weight is 211 g/mol. The summed E-state index contributed by atoms with van der Waals surface area (Å²) in [6.07, 6.45) is 3.86. The lowest BCUT2D eigenvalue weighted by molar-refractivity contribution is -0.118. The van der Waals surface area contributed by atoms with Gasteiger partial charge in [0.15, 0.2) is 0 Å². The number of hydrogen-bond donors (Lipinski definition) is 1. The van der Waals surface area contributed by atoms with E-state index in [1.807, 2.05) is 0 Å². The Morgan fingerprint density at radius 3 is 2.60 bits per heavy atom. The van der Waals surface area contributed by atoms with Gasteiger partial charge in [-0.1, -0.05) is 0 Å². The second-order valence-corrected chi connectivity index (χ2v) is 4.95. The fraction of sp³-hybridized carbons (Fsp3) is 0.909. The fourth-order valence-electron chi connectivity index (χ4n) is 2.39. The molecule has 2 atom stereocenters. The van der Waals surface area contributed by atoms with E-state index in [4.69, 9.17) is 5.73 Å². The number of primary amides is 1. The van der Waals surface area contributed by atoms with Crippen LogP contribution in [0.5, 0.6) is 0 Å². The summed E-state index contributed by atoms with van der Waals surface area (Å²) in [5.41, 5.74) is 5.23. The molecule has 4 nitrogen and oxygen atoms in total. The summed E-state index contributed by atoms with van der Waals surface area (Å²) in [7, 11) is 2.18. The highest BCUT2D eigenvalue weighted by molar-refractivity contribution is 5.82. The Bertz CT molecular complexity index is 236. The standard InChI is InChI=1S/C11H21N3O/c1-13-5-2-9(3-6-13)4-7-14-8-10(14)11(12)15/h9-10H,2-8H2,1H3,(H2,12,15). The zero-order valence-corrected chi connectivity index (χ0v) is 9.48. The molecule has 4 heteroatoms. The van der Waals surface area contributed by atoms with E-state index in [-0.39, 0.29) is 11.9 Å². The van der Waals surface area contributed by atoms with E-state index in [9.17, 15) is 4.79 Å². The van der Waals surface area contributed by atoms with Gasteiger partial charge in [0.1, 0.15) is 6.04 Å². The van der Waals surface area contributed by atoms with Crippen molar-refractivity contribution in [2.75, 3.05) is 33.2 Å². The van der Waals surface area contributed by atoms with Gasteiger partial charge in [0.05, 0.1) is 0 Å². The summed E-state index contributed by atoms with van der Waals surface area (Å²) in [6, 6.07) is 0.0521. The third kappa shape index (κ3) is 2.92. The first-order valence-electron chi connectivity index (χ1n) is 5.88. The molecule has 2 unspecified atom stereocenters. The molecule has 0 saturated carbocycles. The Morgan fingerprint density at radius 2 is 2.07 bits per heavy atom. The van der Waals surface area contributed by atoms with Gasteiger partial charge in [-0.15, -0.1) is 0 Å². The predicted octanol–water partition coefficient (Wildman–Crippen LogP) is -0.112. The van der Waals surface area contributed by atoms with E-state index >= 15 is 0 Å². The van der Waals surface area contributed by atoms with Crippen LogP contribution in [0.15, 0.2) is 0 Å². The third-order valence-electron chi connectivity index (χ3n) is 3.71. The van der Waals surface area contributed by atoms with Gasteiger partial charge < -0.3 is 10.6 Å². The number of carbonyl (C=O) groups is 1. The number of rotatable bonds is 4. The van der Waals surface area contributed by atoms with Gasteiger partial charge >= 0.3 is 0 Å². The van der Waals surface area contributed by atoms with Gasteiger partial charge in [0.25, 0.3) is 0 Å². The van der Waals surface area contributed by atoms with Crippen LogP contribution in [-0.4, -0.2) is 55.0 Å². The largest absolute Gasteiger partial charge is 0.368 e. The van der Waals surface area contributed by atoms with Gasteiger partial charge in [-0.25, -0.2) is 0 Å². The van der Waals surface area contributed by atoms with Gasteiger partial charge in [-0.05, 0) is 51.9 Å². The molecule has 1 amide bonds. The molecule has 15 heavy (non-hydrogen) atoms.